The summed E-state index contributed by atoms with van der Waals surface area (Å²) in [6.45, 7) is 3.87. The van der Waals surface area contributed by atoms with Crippen molar-refractivity contribution in [2.24, 2.45) is 5.18 Å². The van der Waals surface area contributed by atoms with E-state index >= 15 is 0 Å². The molecule has 0 bridgehead atoms. The third-order valence-corrected chi connectivity index (χ3v) is 5.52. The van der Waals surface area contributed by atoms with E-state index in [-0.39, 0.29) is 11.4 Å². The lowest BCUT2D eigenvalue weighted by Crippen LogP contribution is -2.13. The van der Waals surface area contributed by atoms with Crippen LogP contribution in [0.15, 0.2) is 59.3 Å². The van der Waals surface area contributed by atoms with E-state index in [4.69, 9.17) is 25.8 Å². The molecule has 0 saturated heterocycles. The number of nitrogens with zero attached hydrogens (tertiary/aromatic N) is 1. The largest absolute Gasteiger partial charge is 0.496 e. The molecule has 34 heavy (non-hydrogen) atoms. The molecule has 0 unspecified atom stereocenters. The zero-order valence-electron chi connectivity index (χ0n) is 19.2. The van der Waals surface area contributed by atoms with Crippen LogP contribution in [0.25, 0.3) is 10.8 Å². The van der Waals surface area contributed by atoms with Crippen LogP contribution in [-0.2, 0) is 4.74 Å². The molecule has 0 aromatic heterocycles. The maximum Gasteiger partial charge on any atom is 0.338 e. The van der Waals surface area contributed by atoms with Gasteiger partial charge in [-0.2, -0.15) is 0 Å². The molecule has 0 amide bonds. The minimum Gasteiger partial charge on any atom is -0.496 e. The Kier molecular flexibility index (Phi) is 8.09. The standard InChI is InChI=1S/C25H25ClN2O6/c1-14(2)5-12-20(34-25(29)15-6-8-16(26)9-7-15)17-13-21(32-3)22-18(27-30)10-11-19(28-31)23(22)24(17)33-4/h5-11,13,20,27,30H,12H2,1-4H3/t20-/m1/s1. The summed E-state index contributed by atoms with van der Waals surface area (Å²) in [7, 11) is 2.90. The van der Waals surface area contributed by atoms with Crippen LogP contribution in [-0.4, -0.2) is 25.4 Å². The number of methoxy groups -OCH3 is 2. The Balaban J connectivity index is 2.24. The highest BCUT2D eigenvalue weighted by molar-refractivity contribution is 6.30. The van der Waals surface area contributed by atoms with Gasteiger partial charge in [-0.05, 0) is 61.5 Å². The Bertz CT molecular complexity index is 1240. The first-order valence-corrected chi connectivity index (χ1v) is 10.8. The van der Waals surface area contributed by atoms with Crippen LogP contribution in [0.4, 0.5) is 11.4 Å². The number of allylic oxidation sites excluding steroid dienone is 1. The molecule has 0 saturated carbocycles. The Morgan fingerprint density at radius 3 is 2.38 bits per heavy atom. The van der Waals surface area contributed by atoms with Crippen LogP contribution < -0.4 is 15.0 Å². The van der Waals surface area contributed by atoms with Gasteiger partial charge in [0.2, 0.25) is 0 Å². The van der Waals surface area contributed by atoms with E-state index in [0.717, 1.165) is 5.57 Å². The molecular weight excluding hydrogens is 460 g/mol. The number of hydrogen-bond acceptors (Lipinski definition) is 8. The van der Waals surface area contributed by atoms with Crippen molar-refractivity contribution >= 4 is 39.7 Å². The third kappa shape index (κ3) is 5.13. The van der Waals surface area contributed by atoms with Crippen molar-refractivity contribution in [2.45, 2.75) is 26.4 Å². The van der Waals surface area contributed by atoms with Crippen molar-refractivity contribution in [2.75, 3.05) is 19.7 Å². The topological polar surface area (TPSA) is 106 Å². The second-order valence-corrected chi connectivity index (χ2v) is 8.14. The number of rotatable bonds is 9. The van der Waals surface area contributed by atoms with Gasteiger partial charge in [-0.15, -0.1) is 4.91 Å². The summed E-state index contributed by atoms with van der Waals surface area (Å²) in [4.78, 5) is 24.6. The molecule has 0 aliphatic rings. The highest BCUT2D eigenvalue weighted by atomic mass is 35.5. The van der Waals surface area contributed by atoms with E-state index in [1.54, 1.807) is 30.3 Å². The van der Waals surface area contributed by atoms with Crippen LogP contribution >= 0.6 is 11.6 Å². The molecule has 9 heteroatoms. The van der Waals surface area contributed by atoms with Gasteiger partial charge in [0, 0.05) is 17.0 Å². The predicted octanol–water partition coefficient (Wildman–Crippen LogP) is 6.96. The second kappa shape index (κ2) is 11.0. The molecule has 1 atom stereocenters. The minimum atomic E-state index is -0.781. The molecule has 3 rings (SSSR count). The number of halogens is 1. The molecule has 3 aromatic rings. The van der Waals surface area contributed by atoms with E-state index in [1.165, 1.54) is 26.4 Å². The maximum atomic E-state index is 13.0. The smallest absolute Gasteiger partial charge is 0.338 e. The van der Waals surface area contributed by atoms with Gasteiger partial charge in [0.15, 0.2) is 0 Å². The molecular formula is C25H25ClN2O6. The summed E-state index contributed by atoms with van der Waals surface area (Å²) in [6.07, 6.45) is 1.49. The van der Waals surface area contributed by atoms with Crippen LogP contribution in [0.5, 0.6) is 11.5 Å². The third-order valence-electron chi connectivity index (χ3n) is 5.26. The van der Waals surface area contributed by atoms with Gasteiger partial charge in [0.1, 0.15) is 23.3 Å². The number of fused-ring (bicyclic) bond motifs is 1. The van der Waals surface area contributed by atoms with Crippen molar-refractivity contribution in [3.63, 3.8) is 0 Å². The monoisotopic (exact) mass is 484 g/mol. The number of carbonyl (C=O) groups is 1. The second-order valence-electron chi connectivity index (χ2n) is 7.70. The summed E-state index contributed by atoms with van der Waals surface area (Å²) >= 11 is 5.94. The fourth-order valence-electron chi connectivity index (χ4n) is 3.65. The quantitative estimate of drug-likeness (QED) is 0.146. The van der Waals surface area contributed by atoms with Gasteiger partial charge >= 0.3 is 5.97 Å². The van der Waals surface area contributed by atoms with Crippen LogP contribution in [0.1, 0.15) is 42.3 Å². The first-order chi connectivity index (χ1) is 16.3. The molecule has 0 aliphatic carbocycles. The number of benzene rings is 3. The maximum absolute atomic E-state index is 13.0. The predicted molar refractivity (Wildman–Crippen MR) is 132 cm³/mol. The van der Waals surface area contributed by atoms with E-state index in [2.05, 4.69) is 10.7 Å². The van der Waals surface area contributed by atoms with E-state index < -0.39 is 12.1 Å². The Morgan fingerprint density at radius 2 is 1.82 bits per heavy atom. The average Bonchev–Trinajstić information content (AvgIpc) is 2.84. The van der Waals surface area contributed by atoms with E-state index in [0.29, 0.717) is 44.8 Å². The molecule has 0 heterocycles. The Labute approximate surface area is 202 Å². The molecule has 0 aliphatic heterocycles. The lowest BCUT2D eigenvalue weighted by molar-refractivity contribution is 0.0298. The first-order valence-electron chi connectivity index (χ1n) is 10.4. The van der Waals surface area contributed by atoms with Crippen molar-refractivity contribution in [1.29, 1.82) is 0 Å². The Hall–Kier alpha value is -3.62. The lowest BCUT2D eigenvalue weighted by atomic mass is 9.96. The van der Waals surface area contributed by atoms with Crippen molar-refractivity contribution in [1.82, 2.24) is 0 Å². The molecule has 0 fully saturated rings. The number of esters is 1. The number of anilines is 1. The van der Waals surface area contributed by atoms with Crippen molar-refractivity contribution in [3.8, 4) is 11.5 Å². The number of nitrogens with one attached hydrogen (secondary N) is 1. The molecule has 2 N–H and O–H groups in total. The first kappa shape index (κ1) is 25.0. The van der Waals surface area contributed by atoms with Crippen LogP contribution in [0.2, 0.25) is 5.02 Å². The van der Waals surface area contributed by atoms with Crippen molar-refractivity contribution < 1.29 is 24.2 Å². The minimum absolute atomic E-state index is 0.0796. The Morgan fingerprint density at radius 1 is 1.12 bits per heavy atom. The van der Waals surface area contributed by atoms with Gasteiger partial charge in [0.25, 0.3) is 0 Å². The zero-order valence-corrected chi connectivity index (χ0v) is 20.0. The molecule has 3 aromatic carbocycles. The lowest BCUT2D eigenvalue weighted by Gasteiger charge is -2.23. The average molecular weight is 485 g/mol. The molecule has 0 spiro atoms. The summed E-state index contributed by atoms with van der Waals surface area (Å²) in [5.41, 5.74) is 4.32. The summed E-state index contributed by atoms with van der Waals surface area (Å²) in [5.74, 6) is 0.0561. The number of nitroso groups, excluding NO2 is 1. The number of ether oxygens (including phenoxy) is 3. The van der Waals surface area contributed by atoms with Gasteiger partial charge in [0.05, 0.1) is 36.2 Å². The highest BCUT2D eigenvalue weighted by Gasteiger charge is 2.27. The number of carbonyl (C=O) groups excluding carboxylic acids is 1. The summed E-state index contributed by atoms with van der Waals surface area (Å²) < 4.78 is 17.2. The highest BCUT2D eigenvalue weighted by Crippen LogP contribution is 2.48. The van der Waals surface area contributed by atoms with E-state index in [9.17, 15) is 14.9 Å². The fourth-order valence-corrected chi connectivity index (χ4v) is 3.78. The van der Waals surface area contributed by atoms with Gasteiger partial charge < -0.3 is 14.2 Å². The summed E-state index contributed by atoms with van der Waals surface area (Å²) in [6, 6.07) is 11.0. The van der Waals surface area contributed by atoms with E-state index in [1.807, 2.05) is 19.9 Å². The summed E-state index contributed by atoms with van der Waals surface area (Å²) in [5, 5.41) is 14.0. The van der Waals surface area contributed by atoms with Crippen LogP contribution in [0.3, 0.4) is 0 Å². The number of hydrogen-bond donors (Lipinski definition) is 2. The van der Waals surface area contributed by atoms with Crippen LogP contribution in [0, 0.1) is 4.91 Å². The normalized spacial score (nSPS) is 11.5. The SMILES string of the molecule is COc1cc([C@@H](CC=C(C)C)OC(=O)c2ccc(Cl)cc2)c(OC)c2c(N=O)ccc(NO)c12. The molecule has 178 valence electrons. The van der Waals surface area contributed by atoms with Gasteiger partial charge in [-0.3, -0.25) is 10.7 Å². The fraction of sp³-hybridized carbons (Fsp3) is 0.240. The van der Waals surface area contributed by atoms with Gasteiger partial charge in [-0.1, -0.05) is 23.3 Å². The zero-order chi connectivity index (χ0) is 24.8. The molecule has 8 nitrogen and oxygen atoms in total. The molecule has 0 radical (unpaired) electrons. The van der Waals surface area contributed by atoms with Gasteiger partial charge in [-0.25, -0.2) is 4.79 Å². The van der Waals surface area contributed by atoms with Crippen molar-refractivity contribution in [3.05, 3.63) is 75.2 Å².